The first-order valence-corrected chi connectivity index (χ1v) is 6.93. The van der Waals surface area contributed by atoms with E-state index in [9.17, 15) is 9.59 Å². The number of carbonyl (C=O) groups is 2. The molecular formula is C13H15BrN2O3. The lowest BCUT2D eigenvalue weighted by Gasteiger charge is -2.09. The van der Waals surface area contributed by atoms with Crippen molar-refractivity contribution in [3.63, 3.8) is 0 Å². The molecule has 3 N–H and O–H groups in total. The van der Waals surface area contributed by atoms with Crippen molar-refractivity contribution in [2.24, 2.45) is 5.92 Å². The molecule has 0 heterocycles. The fourth-order valence-electron chi connectivity index (χ4n) is 1.71. The Labute approximate surface area is 119 Å². The monoisotopic (exact) mass is 326 g/mol. The number of carbonyl (C=O) groups excluding carboxylic acids is 1. The zero-order chi connectivity index (χ0) is 13.8. The summed E-state index contributed by atoms with van der Waals surface area (Å²) in [6.07, 6.45) is 3.56. The largest absolute Gasteiger partial charge is 0.478 e. The Morgan fingerprint density at radius 3 is 2.68 bits per heavy atom. The highest BCUT2D eigenvalue weighted by molar-refractivity contribution is 9.10. The molecule has 0 aromatic heterocycles. The van der Waals surface area contributed by atoms with Gasteiger partial charge in [0.15, 0.2) is 0 Å². The number of aromatic carboxylic acids is 1. The van der Waals surface area contributed by atoms with Gasteiger partial charge in [-0.2, -0.15) is 0 Å². The van der Waals surface area contributed by atoms with Gasteiger partial charge in [-0.1, -0.05) is 12.8 Å². The molecule has 1 aliphatic carbocycles. The Bertz CT molecular complexity index is 501. The van der Waals surface area contributed by atoms with E-state index in [1.807, 2.05) is 0 Å². The van der Waals surface area contributed by atoms with Crippen LogP contribution in [0.1, 0.15) is 29.6 Å². The van der Waals surface area contributed by atoms with Crippen LogP contribution >= 0.6 is 15.9 Å². The second-order valence-electron chi connectivity index (χ2n) is 4.61. The van der Waals surface area contributed by atoms with Gasteiger partial charge in [-0.15, -0.1) is 0 Å². The van der Waals surface area contributed by atoms with Crippen LogP contribution in [0, 0.1) is 5.92 Å². The molecule has 1 saturated carbocycles. The van der Waals surface area contributed by atoms with Gasteiger partial charge in [0, 0.05) is 11.0 Å². The van der Waals surface area contributed by atoms with Crippen molar-refractivity contribution in [2.45, 2.75) is 19.3 Å². The van der Waals surface area contributed by atoms with Gasteiger partial charge in [-0.3, -0.25) is 0 Å². The molecule has 0 radical (unpaired) electrons. The molecule has 0 unspecified atom stereocenters. The topological polar surface area (TPSA) is 78.4 Å². The highest BCUT2D eigenvalue weighted by Gasteiger charge is 2.20. The average Bonchev–Trinajstić information content (AvgIpc) is 3.15. The Morgan fingerprint density at radius 2 is 2.11 bits per heavy atom. The molecule has 0 spiro atoms. The van der Waals surface area contributed by atoms with E-state index in [4.69, 9.17) is 5.11 Å². The van der Waals surface area contributed by atoms with Gasteiger partial charge in [-0.25, -0.2) is 9.59 Å². The van der Waals surface area contributed by atoms with Crippen LogP contribution in [0.2, 0.25) is 0 Å². The summed E-state index contributed by atoms with van der Waals surface area (Å²) in [5, 5.41) is 14.3. The maximum atomic E-state index is 11.6. The highest BCUT2D eigenvalue weighted by Crippen LogP contribution is 2.31. The molecule has 0 saturated heterocycles. The Kier molecular flexibility index (Phi) is 4.42. The first kappa shape index (κ1) is 13.9. The molecule has 2 amide bonds. The highest BCUT2D eigenvalue weighted by atomic mass is 79.9. The van der Waals surface area contributed by atoms with Crippen LogP contribution in [0.15, 0.2) is 22.7 Å². The summed E-state index contributed by atoms with van der Waals surface area (Å²) in [5.74, 6) is -0.219. The second-order valence-corrected chi connectivity index (χ2v) is 5.47. The van der Waals surface area contributed by atoms with Crippen molar-refractivity contribution in [2.75, 3.05) is 11.9 Å². The van der Waals surface area contributed by atoms with Crippen LogP contribution in [-0.4, -0.2) is 23.7 Å². The van der Waals surface area contributed by atoms with Gasteiger partial charge >= 0.3 is 12.0 Å². The van der Waals surface area contributed by atoms with E-state index in [0.29, 0.717) is 16.7 Å². The standard InChI is InChI=1S/C13H15BrN2O3/c14-10-7-9(12(17)18)3-4-11(10)16-13(19)15-6-5-8-1-2-8/h3-4,7-8H,1-2,5-6H2,(H,17,18)(H2,15,16,19). The SMILES string of the molecule is O=C(NCCC1CC1)Nc1ccc(C(=O)O)cc1Br. The van der Waals surface area contributed by atoms with Crippen molar-refractivity contribution in [3.05, 3.63) is 28.2 Å². The fourth-order valence-corrected chi connectivity index (χ4v) is 2.19. The van der Waals surface area contributed by atoms with Gasteiger partial charge in [-0.05, 0) is 46.5 Å². The molecule has 0 bridgehead atoms. The third-order valence-corrected chi connectivity index (χ3v) is 3.66. The zero-order valence-electron chi connectivity index (χ0n) is 10.3. The van der Waals surface area contributed by atoms with Crippen molar-refractivity contribution in [1.82, 2.24) is 5.32 Å². The van der Waals surface area contributed by atoms with E-state index in [2.05, 4.69) is 26.6 Å². The normalized spacial score (nSPS) is 13.9. The van der Waals surface area contributed by atoms with E-state index in [1.165, 1.54) is 25.0 Å². The third-order valence-electron chi connectivity index (χ3n) is 3.00. The van der Waals surface area contributed by atoms with E-state index < -0.39 is 5.97 Å². The number of hydrogen-bond acceptors (Lipinski definition) is 2. The minimum atomic E-state index is -0.999. The van der Waals surface area contributed by atoms with Crippen LogP contribution in [-0.2, 0) is 0 Å². The van der Waals surface area contributed by atoms with Crippen LogP contribution in [0.4, 0.5) is 10.5 Å². The smallest absolute Gasteiger partial charge is 0.335 e. The number of anilines is 1. The predicted octanol–water partition coefficient (Wildman–Crippen LogP) is 3.07. The van der Waals surface area contributed by atoms with E-state index in [0.717, 1.165) is 12.3 Å². The van der Waals surface area contributed by atoms with E-state index >= 15 is 0 Å². The number of nitrogens with one attached hydrogen (secondary N) is 2. The summed E-state index contributed by atoms with van der Waals surface area (Å²) < 4.78 is 0.546. The fraction of sp³-hybridized carbons (Fsp3) is 0.385. The summed E-state index contributed by atoms with van der Waals surface area (Å²) in [5.41, 5.74) is 0.723. The number of halogens is 1. The summed E-state index contributed by atoms with van der Waals surface area (Å²) in [6.45, 7) is 0.668. The molecule has 6 heteroatoms. The Balaban J connectivity index is 1.86. The minimum absolute atomic E-state index is 0.173. The maximum Gasteiger partial charge on any atom is 0.335 e. The minimum Gasteiger partial charge on any atom is -0.478 e. The summed E-state index contributed by atoms with van der Waals surface area (Å²) >= 11 is 3.24. The lowest BCUT2D eigenvalue weighted by Crippen LogP contribution is -2.29. The van der Waals surface area contributed by atoms with Gasteiger partial charge in [0.05, 0.1) is 11.3 Å². The number of benzene rings is 1. The number of carboxylic acids is 1. The molecule has 1 aromatic carbocycles. The van der Waals surface area contributed by atoms with Crippen LogP contribution in [0.25, 0.3) is 0 Å². The van der Waals surface area contributed by atoms with Gasteiger partial charge in [0.2, 0.25) is 0 Å². The van der Waals surface area contributed by atoms with Crippen molar-refractivity contribution < 1.29 is 14.7 Å². The summed E-state index contributed by atoms with van der Waals surface area (Å²) in [6, 6.07) is 4.20. The lowest BCUT2D eigenvalue weighted by atomic mass is 10.2. The molecule has 1 fully saturated rings. The maximum absolute atomic E-state index is 11.6. The van der Waals surface area contributed by atoms with Gasteiger partial charge in [0.25, 0.3) is 0 Å². The quantitative estimate of drug-likeness (QED) is 0.778. The Hall–Kier alpha value is -1.56. The van der Waals surface area contributed by atoms with Gasteiger partial charge in [0.1, 0.15) is 0 Å². The van der Waals surface area contributed by atoms with Crippen molar-refractivity contribution in [3.8, 4) is 0 Å². The third kappa shape index (κ3) is 4.24. The number of amides is 2. The molecule has 0 aliphatic heterocycles. The molecule has 1 aromatic rings. The molecular weight excluding hydrogens is 312 g/mol. The number of rotatable bonds is 5. The first-order chi connectivity index (χ1) is 9.06. The van der Waals surface area contributed by atoms with Crippen LogP contribution in [0.3, 0.4) is 0 Å². The molecule has 1 aliphatic rings. The van der Waals surface area contributed by atoms with E-state index in [1.54, 1.807) is 6.07 Å². The molecule has 102 valence electrons. The summed E-state index contributed by atoms with van der Waals surface area (Å²) in [4.78, 5) is 22.4. The average molecular weight is 327 g/mol. The molecule has 19 heavy (non-hydrogen) atoms. The number of urea groups is 1. The molecule has 5 nitrogen and oxygen atoms in total. The molecule has 2 rings (SSSR count). The molecule has 0 atom stereocenters. The lowest BCUT2D eigenvalue weighted by molar-refractivity contribution is 0.0697. The first-order valence-electron chi connectivity index (χ1n) is 6.14. The second kappa shape index (κ2) is 6.06. The predicted molar refractivity (Wildman–Crippen MR) is 75.5 cm³/mol. The zero-order valence-corrected chi connectivity index (χ0v) is 11.9. The van der Waals surface area contributed by atoms with Crippen molar-refractivity contribution in [1.29, 1.82) is 0 Å². The summed E-state index contributed by atoms with van der Waals surface area (Å²) in [7, 11) is 0. The van der Waals surface area contributed by atoms with Gasteiger partial charge < -0.3 is 15.7 Å². The van der Waals surface area contributed by atoms with Crippen LogP contribution in [0.5, 0.6) is 0 Å². The van der Waals surface area contributed by atoms with Crippen LogP contribution < -0.4 is 10.6 Å². The Morgan fingerprint density at radius 1 is 1.37 bits per heavy atom. The number of hydrogen-bond donors (Lipinski definition) is 3. The number of carboxylic acid groups (broad SMARTS) is 1. The van der Waals surface area contributed by atoms with Crippen molar-refractivity contribution >= 4 is 33.6 Å². The van der Waals surface area contributed by atoms with E-state index in [-0.39, 0.29) is 11.6 Å².